The molecule has 0 aliphatic carbocycles. The number of fused-ring (bicyclic) bond motifs is 3. The predicted octanol–water partition coefficient (Wildman–Crippen LogP) is 11.4. The van der Waals surface area contributed by atoms with E-state index < -0.39 is 15.8 Å². The summed E-state index contributed by atoms with van der Waals surface area (Å²) in [5, 5.41) is 15.8. The summed E-state index contributed by atoms with van der Waals surface area (Å²) in [6, 6.07) is 86.1. The first-order valence-electron chi connectivity index (χ1n) is 20.0. The third kappa shape index (κ3) is 10.9. The minimum absolute atomic E-state index is 0. The Labute approximate surface area is 400 Å². The third-order valence-electron chi connectivity index (χ3n) is 10.5. The molecule has 0 saturated heterocycles. The molecular formula is C58H42Ag2P2+2. The van der Waals surface area contributed by atoms with Gasteiger partial charge in [0.05, 0.1) is 0 Å². The van der Waals surface area contributed by atoms with Crippen LogP contribution >= 0.6 is 15.8 Å². The molecule has 0 heterocycles. The Morgan fingerprint density at radius 3 is 0.839 bits per heavy atom. The standard InChI is InChI=1S/C34H26P2.2C12H7.2Ag/c1-5-17-29(18-6-1)35(30-19-7-2-8-20-30)33-25-27-15-13-14-16-28(27)26-34(33)36(31-21-9-3-10-22-31)32-23-11-4-12-24-32;2*1-2-10-7-5-8-11-6-3-4-9-12(10)11;;/h1-26H;2*3-9H;;/q;2*-1;2*+1/p+2. The van der Waals surface area contributed by atoms with Crippen LogP contribution in [0.3, 0.4) is 0 Å². The Morgan fingerprint density at radius 2 is 0.532 bits per heavy atom. The molecule has 304 valence electrons. The normalized spacial score (nSPS) is 10.3. The van der Waals surface area contributed by atoms with Crippen molar-refractivity contribution in [3.05, 3.63) is 267 Å². The molecule has 10 aromatic carbocycles. The third-order valence-corrected chi connectivity index (χ3v) is 16.3. The van der Waals surface area contributed by atoms with Gasteiger partial charge < -0.3 is 12.8 Å². The summed E-state index contributed by atoms with van der Waals surface area (Å²) in [7, 11) is -2.46. The van der Waals surface area contributed by atoms with Gasteiger partial charge in [-0.15, -0.1) is 23.3 Å². The van der Waals surface area contributed by atoms with Crippen LogP contribution in [0, 0.1) is 24.7 Å². The monoisotopic (exact) mass is 1010 g/mol. The van der Waals surface area contributed by atoms with Gasteiger partial charge in [0.2, 0.25) is 0 Å². The Balaban J connectivity index is 0.000000201. The summed E-state index contributed by atoms with van der Waals surface area (Å²) in [5.41, 5.74) is 1.71. The predicted molar refractivity (Wildman–Crippen MR) is 265 cm³/mol. The zero-order valence-corrected chi connectivity index (χ0v) is 38.7. The molecule has 0 N–H and O–H groups in total. The molecule has 0 aliphatic rings. The van der Waals surface area contributed by atoms with Gasteiger partial charge in [-0.1, -0.05) is 181 Å². The van der Waals surface area contributed by atoms with E-state index in [0.29, 0.717) is 0 Å². The fourth-order valence-corrected chi connectivity index (χ4v) is 13.7. The zero-order valence-electron chi connectivity index (χ0n) is 33.7. The van der Waals surface area contributed by atoms with Gasteiger partial charge >= 0.3 is 44.8 Å². The quantitative estimate of drug-likeness (QED) is 0.0674. The van der Waals surface area contributed by atoms with Crippen LogP contribution in [-0.2, 0) is 44.8 Å². The number of hydrogen-bond donors (Lipinski definition) is 0. The summed E-state index contributed by atoms with van der Waals surface area (Å²) in [6.45, 7) is 0. The fraction of sp³-hybridized carbons (Fsp3) is 0. The molecule has 10 aromatic rings. The topological polar surface area (TPSA) is 0 Å². The summed E-state index contributed by atoms with van der Waals surface area (Å²) in [4.78, 5) is 0. The van der Waals surface area contributed by atoms with Gasteiger partial charge in [0, 0.05) is 0 Å². The molecule has 0 saturated carbocycles. The van der Waals surface area contributed by atoms with Crippen LogP contribution in [0.2, 0.25) is 0 Å². The number of hydrogen-bond acceptors (Lipinski definition) is 0. The van der Waals surface area contributed by atoms with Gasteiger partial charge in [0.25, 0.3) is 0 Å². The molecule has 0 radical (unpaired) electrons. The first-order valence-corrected chi connectivity index (χ1v) is 23.0. The summed E-state index contributed by atoms with van der Waals surface area (Å²) < 4.78 is 0. The molecule has 0 unspecified atom stereocenters. The Morgan fingerprint density at radius 1 is 0.274 bits per heavy atom. The summed E-state index contributed by atoms with van der Waals surface area (Å²) >= 11 is 0. The largest absolute Gasteiger partial charge is 1.00 e. The van der Waals surface area contributed by atoms with Crippen molar-refractivity contribution in [3.8, 4) is 11.8 Å². The van der Waals surface area contributed by atoms with Crippen molar-refractivity contribution in [2.24, 2.45) is 0 Å². The molecule has 0 amide bonds. The minimum atomic E-state index is -1.23. The summed E-state index contributed by atoms with van der Waals surface area (Å²) in [6.07, 6.45) is 14.2. The molecule has 0 fully saturated rings. The van der Waals surface area contributed by atoms with Gasteiger partial charge in [-0.2, -0.15) is 0 Å². The van der Waals surface area contributed by atoms with Gasteiger partial charge in [0.15, 0.2) is 0 Å². The van der Waals surface area contributed by atoms with Crippen LogP contribution in [0.4, 0.5) is 0 Å². The molecule has 0 aliphatic heterocycles. The van der Waals surface area contributed by atoms with Crippen molar-refractivity contribution in [1.82, 2.24) is 0 Å². The molecule has 4 heteroatoms. The molecule has 0 nitrogen and oxygen atoms in total. The molecule has 0 bridgehead atoms. The average Bonchev–Trinajstić information content (AvgIpc) is 3.33. The van der Waals surface area contributed by atoms with Crippen molar-refractivity contribution >= 4 is 80.0 Å². The van der Waals surface area contributed by atoms with E-state index in [1.54, 1.807) is 0 Å². The van der Waals surface area contributed by atoms with E-state index in [-0.39, 0.29) is 44.8 Å². The Hall–Kier alpha value is -5.56. The Bertz CT molecular complexity index is 2770. The summed E-state index contributed by atoms with van der Waals surface area (Å²) in [5.74, 6) is 4.84. The van der Waals surface area contributed by atoms with E-state index in [4.69, 9.17) is 12.8 Å². The maximum Gasteiger partial charge on any atom is 1.00 e. The molecule has 0 spiro atoms. The average molecular weight is 1020 g/mol. The van der Waals surface area contributed by atoms with Crippen LogP contribution in [-0.4, -0.2) is 0 Å². The maximum absolute atomic E-state index is 7.08. The van der Waals surface area contributed by atoms with Crippen LogP contribution in [0.1, 0.15) is 11.1 Å². The number of rotatable bonds is 6. The van der Waals surface area contributed by atoms with Crippen molar-refractivity contribution in [2.75, 3.05) is 0 Å². The van der Waals surface area contributed by atoms with Crippen molar-refractivity contribution < 1.29 is 44.8 Å². The van der Waals surface area contributed by atoms with Crippen LogP contribution < -0.4 is 31.8 Å². The first kappa shape index (κ1) is 46.0. The smallest absolute Gasteiger partial charge is 0.366 e. The van der Waals surface area contributed by atoms with Gasteiger partial charge in [-0.05, 0) is 82.2 Å². The van der Waals surface area contributed by atoms with E-state index in [0.717, 1.165) is 32.7 Å². The minimum Gasteiger partial charge on any atom is -0.366 e. The second-order valence-corrected chi connectivity index (χ2v) is 19.1. The van der Waals surface area contributed by atoms with E-state index in [2.05, 4.69) is 170 Å². The van der Waals surface area contributed by atoms with Crippen LogP contribution in [0.15, 0.2) is 243 Å². The first-order chi connectivity index (χ1) is 29.7. The fourth-order valence-electron chi connectivity index (χ4n) is 7.70. The molecule has 0 aromatic heterocycles. The second kappa shape index (κ2) is 23.0. The van der Waals surface area contributed by atoms with Gasteiger partial charge in [-0.25, -0.2) is 0 Å². The SMILES string of the molecule is [Ag+].[Ag+].[C-]#Cc1cccc2ccccc12.[C-]#Cc1cccc2ccccc12.c1ccc([PH+](c2ccccc2)c2cc3ccccc3cc2[PH+](c2ccccc2)c2ccccc2)cc1. The van der Waals surface area contributed by atoms with E-state index in [1.807, 2.05) is 84.9 Å². The van der Waals surface area contributed by atoms with Crippen molar-refractivity contribution in [3.63, 3.8) is 0 Å². The van der Waals surface area contributed by atoms with Crippen molar-refractivity contribution in [2.45, 2.75) is 0 Å². The van der Waals surface area contributed by atoms with Crippen LogP contribution in [0.25, 0.3) is 32.3 Å². The van der Waals surface area contributed by atoms with Gasteiger partial charge in [0.1, 0.15) is 47.7 Å². The van der Waals surface area contributed by atoms with E-state index >= 15 is 0 Å². The zero-order chi connectivity index (χ0) is 40.9. The molecule has 10 rings (SSSR count). The van der Waals surface area contributed by atoms with Crippen LogP contribution in [0.5, 0.6) is 0 Å². The molecule has 0 atom stereocenters. The Kier molecular flexibility index (Phi) is 17.1. The van der Waals surface area contributed by atoms with E-state index in [1.165, 1.54) is 42.6 Å². The van der Waals surface area contributed by atoms with Gasteiger partial charge in [-0.3, -0.25) is 11.8 Å². The van der Waals surface area contributed by atoms with E-state index in [9.17, 15) is 0 Å². The second-order valence-electron chi connectivity index (χ2n) is 14.3. The van der Waals surface area contributed by atoms with Crippen molar-refractivity contribution in [1.29, 1.82) is 0 Å². The molecular weight excluding hydrogens is 974 g/mol. The molecule has 62 heavy (non-hydrogen) atoms. The number of benzene rings is 10. The maximum atomic E-state index is 7.08.